The average Bonchev–Trinajstić information content (AvgIpc) is 2.20. The summed E-state index contributed by atoms with van der Waals surface area (Å²) in [5.74, 6) is 5.99. The molecule has 0 heterocycles. The second-order valence-electron chi connectivity index (χ2n) is 3.03. The lowest BCUT2D eigenvalue weighted by molar-refractivity contribution is 0.112. The van der Waals surface area contributed by atoms with E-state index in [-0.39, 0.29) is 0 Å². The van der Waals surface area contributed by atoms with Gasteiger partial charge in [0.15, 0.2) is 0 Å². The minimum atomic E-state index is 0.582. The molecule has 1 rings (SSSR count). The third-order valence-corrected chi connectivity index (χ3v) is 1.88. The van der Waals surface area contributed by atoms with Gasteiger partial charge in [0.1, 0.15) is 6.29 Å². The number of rotatable bonds is 2. The van der Waals surface area contributed by atoms with Gasteiger partial charge in [0.05, 0.1) is 0 Å². The van der Waals surface area contributed by atoms with E-state index in [0.29, 0.717) is 18.5 Å². The van der Waals surface area contributed by atoms with Gasteiger partial charge in [0.25, 0.3) is 0 Å². The van der Waals surface area contributed by atoms with Gasteiger partial charge in [-0.2, -0.15) is 0 Å². The van der Waals surface area contributed by atoms with Gasteiger partial charge in [-0.05, 0) is 24.6 Å². The molecule has 0 saturated heterocycles. The molecule has 0 aliphatic rings. The predicted octanol–water partition coefficient (Wildman–Crippen LogP) is 1.51. The fourth-order valence-electron chi connectivity index (χ4n) is 1.13. The SMILES string of the molecule is Cc1cc(C=O)ccc1C#CCCN. The van der Waals surface area contributed by atoms with Crippen molar-refractivity contribution in [3.8, 4) is 11.8 Å². The molecule has 0 atom stereocenters. The van der Waals surface area contributed by atoms with Crippen LogP contribution in [0.3, 0.4) is 0 Å². The molecule has 2 N–H and O–H groups in total. The highest BCUT2D eigenvalue weighted by molar-refractivity contribution is 5.75. The Morgan fingerprint density at radius 2 is 2.29 bits per heavy atom. The first-order valence-electron chi connectivity index (χ1n) is 4.52. The lowest BCUT2D eigenvalue weighted by Crippen LogP contribution is -1.95. The summed E-state index contributed by atoms with van der Waals surface area (Å²) in [6.45, 7) is 2.53. The van der Waals surface area contributed by atoms with Gasteiger partial charge in [0, 0.05) is 24.1 Å². The maximum absolute atomic E-state index is 10.5. The minimum Gasteiger partial charge on any atom is -0.330 e. The molecule has 14 heavy (non-hydrogen) atoms. The summed E-state index contributed by atoms with van der Waals surface area (Å²) in [6, 6.07) is 5.47. The Morgan fingerprint density at radius 1 is 1.50 bits per heavy atom. The van der Waals surface area contributed by atoms with Crippen LogP contribution in [0.5, 0.6) is 0 Å². The van der Waals surface area contributed by atoms with Crippen LogP contribution in [0.2, 0.25) is 0 Å². The fraction of sp³-hybridized carbons (Fsp3) is 0.250. The number of hydrogen-bond acceptors (Lipinski definition) is 2. The molecule has 72 valence electrons. The lowest BCUT2D eigenvalue weighted by Gasteiger charge is -1.97. The molecule has 0 fully saturated rings. The number of hydrogen-bond donors (Lipinski definition) is 1. The molecule has 0 spiro atoms. The molecular formula is C12H13NO. The van der Waals surface area contributed by atoms with Gasteiger partial charge in [-0.25, -0.2) is 0 Å². The Bertz CT molecular complexity index is 385. The molecule has 2 nitrogen and oxygen atoms in total. The van der Waals surface area contributed by atoms with E-state index in [1.807, 2.05) is 19.1 Å². The van der Waals surface area contributed by atoms with Crippen LogP contribution in [0.15, 0.2) is 18.2 Å². The fourth-order valence-corrected chi connectivity index (χ4v) is 1.13. The monoisotopic (exact) mass is 187 g/mol. The quantitative estimate of drug-likeness (QED) is 0.563. The van der Waals surface area contributed by atoms with Gasteiger partial charge < -0.3 is 5.73 Å². The van der Waals surface area contributed by atoms with Crippen molar-refractivity contribution in [1.29, 1.82) is 0 Å². The molecule has 0 bridgehead atoms. The number of aryl methyl sites for hydroxylation is 1. The summed E-state index contributed by atoms with van der Waals surface area (Å²) in [4.78, 5) is 10.5. The van der Waals surface area contributed by atoms with Crippen molar-refractivity contribution in [2.45, 2.75) is 13.3 Å². The summed E-state index contributed by atoms with van der Waals surface area (Å²) in [7, 11) is 0. The second-order valence-corrected chi connectivity index (χ2v) is 3.03. The molecule has 0 amide bonds. The number of aldehydes is 1. The summed E-state index contributed by atoms with van der Waals surface area (Å²) in [5, 5.41) is 0. The highest BCUT2D eigenvalue weighted by atomic mass is 16.1. The molecule has 0 aliphatic carbocycles. The van der Waals surface area contributed by atoms with E-state index in [2.05, 4.69) is 11.8 Å². The molecule has 1 aromatic rings. The van der Waals surface area contributed by atoms with Gasteiger partial charge >= 0.3 is 0 Å². The summed E-state index contributed by atoms with van der Waals surface area (Å²) < 4.78 is 0. The van der Waals surface area contributed by atoms with Crippen molar-refractivity contribution < 1.29 is 4.79 Å². The van der Waals surface area contributed by atoms with Crippen molar-refractivity contribution in [2.24, 2.45) is 5.73 Å². The molecule has 0 radical (unpaired) electrons. The lowest BCUT2D eigenvalue weighted by atomic mass is 10.1. The maximum atomic E-state index is 10.5. The van der Waals surface area contributed by atoms with E-state index in [9.17, 15) is 4.79 Å². The zero-order valence-electron chi connectivity index (χ0n) is 8.21. The largest absolute Gasteiger partial charge is 0.330 e. The number of nitrogens with two attached hydrogens (primary N) is 1. The Hall–Kier alpha value is -1.59. The minimum absolute atomic E-state index is 0.582. The predicted molar refractivity (Wildman–Crippen MR) is 57.1 cm³/mol. The van der Waals surface area contributed by atoms with Crippen LogP contribution < -0.4 is 5.73 Å². The third kappa shape index (κ3) is 2.72. The van der Waals surface area contributed by atoms with Gasteiger partial charge in [0.2, 0.25) is 0 Å². The molecule has 0 aliphatic heterocycles. The topological polar surface area (TPSA) is 43.1 Å². The average molecular weight is 187 g/mol. The molecule has 1 aromatic carbocycles. The number of carbonyl (C=O) groups excluding carboxylic acids is 1. The van der Waals surface area contributed by atoms with Crippen molar-refractivity contribution in [3.05, 3.63) is 34.9 Å². The highest BCUT2D eigenvalue weighted by Gasteiger charge is 1.95. The summed E-state index contributed by atoms with van der Waals surface area (Å²) in [5.41, 5.74) is 8.00. The first kappa shape index (κ1) is 10.5. The summed E-state index contributed by atoms with van der Waals surface area (Å²) in [6.07, 6.45) is 1.54. The first-order chi connectivity index (χ1) is 6.77. The zero-order valence-corrected chi connectivity index (χ0v) is 8.21. The van der Waals surface area contributed by atoms with Crippen molar-refractivity contribution in [1.82, 2.24) is 0 Å². The molecule has 2 heteroatoms. The van der Waals surface area contributed by atoms with Gasteiger partial charge in [-0.1, -0.05) is 17.9 Å². The van der Waals surface area contributed by atoms with Crippen LogP contribution in [0.25, 0.3) is 0 Å². The summed E-state index contributed by atoms with van der Waals surface area (Å²) >= 11 is 0. The standard InChI is InChI=1S/C12H13NO/c1-10-8-11(9-14)5-6-12(10)4-2-3-7-13/h5-6,8-9H,3,7,13H2,1H3. The van der Waals surface area contributed by atoms with Crippen LogP contribution >= 0.6 is 0 Å². The smallest absolute Gasteiger partial charge is 0.150 e. The Balaban J connectivity index is 2.90. The van der Waals surface area contributed by atoms with E-state index < -0.39 is 0 Å². The van der Waals surface area contributed by atoms with Crippen LogP contribution in [0, 0.1) is 18.8 Å². The highest BCUT2D eigenvalue weighted by Crippen LogP contribution is 2.08. The van der Waals surface area contributed by atoms with E-state index >= 15 is 0 Å². The van der Waals surface area contributed by atoms with Crippen LogP contribution in [-0.2, 0) is 0 Å². The van der Waals surface area contributed by atoms with E-state index in [4.69, 9.17) is 5.73 Å². The van der Waals surface area contributed by atoms with E-state index in [1.165, 1.54) is 0 Å². The van der Waals surface area contributed by atoms with Crippen LogP contribution in [-0.4, -0.2) is 12.8 Å². The first-order valence-corrected chi connectivity index (χ1v) is 4.52. The normalized spacial score (nSPS) is 9.00. The molecule has 0 saturated carbocycles. The molecular weight excluding hydrogens is 174 g/mol. The van der Waals surface area contributed by atoms with Gasteiger partial charge in [-0.3, -0.25) is 4.79 Å². The van der Waals surface area contributed by atoms with Crippen LogP contribution in [0.1, 0.15) is 27.9 Å². The Morgan fingerprint density at radius 3 is 2.86 bits per heavy atom. The zero-order chi connectivity index (χ0) is 10.4. The number of benzene rings is 1. The van der Waals surface area contributed by atoms with Gasteiger partial charge in [-0.15, -0.1) is 0 Å². The third-order valence-electron chi connectivity index (χ3n) is 1.88. The maximum Gasteiger partial charge on any atom is 0.150 e. The molecule has 0 unspecified atom stereocenters. The molecule has 0 aromatic heterocycles. The Kier molecular flexibility index (Phi) is 3.90. The van der Waals surface area contributed by atoms with Crippen molar-refractivity contribution >= 4 is 6.29 Å². The van der Waals surface area contributed by atoms with E-state index in [0.717, 1.165) is 17.4 Å². The second kappa shape index (κ2) is 5.21. The number of carbonyl (C=O) groups is 1. The van der Waals surface area contributed by atoms with Crippen LogP contribution in [0.4, 0.5) is 0 Å². The van der Waals surface area contributed by atoms with Crippen molar-refractivity contribution in [3.63, 3.8) is 0 Å². The Labute approximate surface area is 84.1 Å². The van der Waals surface area contributed by atoms with Crippen molar-refractivity contribution in [2.75, 3.05) is 6.54 Å². The van der Waals surface area contributed by atoms with E-state index in [1.54, 1.807) is 6.07 Å².